The maximum Gasteiger partial charge on any atom is 0.163 e. The number of aliphatic hydroxyl groups is 1. The highest BCUT2D eigenvalue weighted by Crippen LogP contribution is 2.33. The van der Waals surface area contributed by atoms with Crippen LogP contribution in [0.3, 0.4) is 0 Å². The lowest BCUT2D eigenvalue weighted by Crippen LogP contribution is -2.43. The van der Waals surface area contributed by atoms with Crippen LogP contribution < -0.4 is 16.0 Å². The van der Waals surface area contributed by atoms with Gasteiger partial charge in [0.15, 0.2) is 5.65 Å². The standard InChI is InChI=1S/C24H36N8O/c1-15(2)18-12-29-32-22(27-10-17-11-28-31-14-24(3,4)8-19(17)31)7-21(30-23(18)32)26-9-16-5-6-25-13-20(16)33/h7,11-12,15-16,20,25,27,33H,5-6,8-10,13-14H2,1-4H3,(H,26,30)/t16-,20+/m1/s1. The van der Waals surface area contributed by atoms with Crippen LogP contribution >= 0.6 is 0 Å². The molecule has 9 nitrogen and oxygen atoms in total. The van der Waals surface area contributed by atoms with Crippen LogP contribution in [0.15, 0.2) is 18.5 Å². The van der Waals surface area contributed by atoms with Gasteiger partial charge in [0, 0.05) is 55.0 Å². The third-order valence-corrected chi connectivity index (χ3v) is 6.97. The van der Waals surface area contributed by atoms with Crippen molar-refractivity contribution in [1.82, 2.24) is 29.7 Å². The molecular formula is C24H36N8O. The molecule has 1 fully saturated rings. The Balaban J connectivity index is 1.39. The smallest absolute Gasteiger partial charge is 0.163 e. The Morgan fingerprint density at radius 1 is 1.24 bits per heavy atom. The first-order valence-corrected chi connectivity index (χ1v) is 12.1. The van der Waals surface area contributed by atoms with E-state index in [0.717, 1.165) is 48.8 Å². The molecule has 0 bridgehead atoms. The summed E-state index contributed by atoms with van der Waals surface area (Å²) in [6.45, 7) is 12.9. The van der Waals surface area contributed by atoms with E-state index in [9.17, 15) is 5.11 Å². The fourth-order valence-electron chi connectivity index (χ4n) is 5.01. The number of piperidine rings is 1. The molecule has 9 heteroatoms. The second kappa shape index (κ2) is 8.61. The normalized spacial score (nSPS) is 22.1. The van der Waals surface area contributed by atoms with Gasteiger partial charge < -0.3 is 21.1 Å². The number of aliphatic hydroxyl groups excluding tert-OH is 1. The SMILES string of the molecule is CC(C)c1cnn2c(NCc3cnn4c3CC(C)(C)C4)cc(NC[C@H]3CCNC[C@@H]3O)nc12. The molecule has 0 spiro atoms. The summed E-state index contributed by atoms with van der Waals surface area (Å²) in [7, 11) is 0. The number of rotatable bonds is 7. The molecule has 2 aliphatic heterocycles. The van der Waals surface area contributed by atoms with E-state index in [0.29, 0.717) is 25.6 Å². The first-order chi connectivity index (χ1) is 15.8. The van der Waals surface area contributed by atoms with Gasteiger partial charge in [0.1, 0.15) is 11.6 Å². The zero-order chi connectivity index (χ0) is 23.2. The van der Waals surface area contributed by atoms with Gasteiger partial charge in [0.2, 0.25) is 0 Å². The molecule has 0 amide bonds. The number of nitrogens with zero attached hydrogens (tertiary/aromatic N) is 5. The van der Waals surface area contributed by atoms with E-state index in [1.54, 1.807) is 0 Å². The maximum atomic E-state index is 10.3. The van der Waals surface area contributed by atoms with E-state index >= 15 is 0 Å². The third-order valence-electron chi connectivity index (χ3n) is 6.97. The van der Waals surface area contributed by atoms with E-state index in [-0.39, 0.29) is 17.4 Å². The van der Waals surface area contributed by atoms with E-state index in [1.165, 1.54) is 11.3 Å². The van der Waals surface area contributed by atoms with E-state index in [4.69, 9.17) is 4.98 Å². The van der Waals surface area contributed by atoms with Gasteiger partial charge in [-0.2, -0.15) is 14.7 Å². The molecule has 2 atom stereocenters. The van der Waals surface area contributed by atoms with Crippen LogP contribution in [0.25, 0.3) is 5.65 Å². The molecule has 5 rings (SSSR count). The molecule has 1 saturated heterocycles. The van der Waals surface area contributed by atoms with Crippen LogP contribution in [0.5, 0.6) is 0 Å². The molecule has 3 aromatic rings. The second-order valence-electron chi connectivity index (χ2n) is 10.7. The molecular weight excluding hydrogens is 416 g/mol. The Hall–Kier alpha value is -2.65. The van der Waals surface area contributed by atoms with Gasteiger partial charge in [0.05, 0.1) is 18.5 Å². The second-order valence-corrected chi connectivity index (χ2v) is 10.7. The molecule has 178 valence electrons. The van der Waals surface area contributed by atoms with Crippen LogP contribution in [0.1, 0.15) is 56.9 Å². The predicted octanol–water partition coefficient (Wildman–Crippen LogP) is 2.63. The summed E-state index contributed by atoms with van der Waals surface area (Å²) >= 11 is 0. The zero-order valence-electron chi connectivity index (χ0n) is 20.1. The van der Waals surface area contributed by atoms with Crippen molar-refractivity contribution < 1.29 is 5.11 Å². The van der Waals surface area contributed by atoms with E-state index < -0.39 is 0 Å². The number of hydrogen-bond donors (Lipinski definition) is 4. The van der Waals surface area contributed by atoms with Crippen LogP contribution in [-0.2, 0) is 19.5 Å². The Kier molecular flexibility index (Phi) is 5.78. The number of aromatic nitrogens is 5. The van der Waals surface area contributed by atoms with Crippen LogP contribution in [0.4, 0.5) is 11.6 Å². The molecule has 0 saturated carbocycles. The third kappa shape index (κ3) is 4.44. The Labute approximate surface area is 195 Å². The summed E-state index contributed by atoms with van der Waals surface area (Å²) in [5, 5.41) is 29.9. The highest BCUT2D eigenvalue weighted by Gasteiger charge is 2.31. The molecule has 3 aromatic heterocycles. The van der Waals surface area contributed by atoms with E-state index in [2.05, 4.69) is 58.5 Å². The van der Waals surface area contributed by atoms with Gasteiger partial charge in [-0.15, -0.1) is 0 Å². The lowest BCUT2D eigenvalue weighted by molar-refractivity contribution is 0.0883. The molecule has 0 radical (unpaired) electrons. The summed E-state index contributed by atoms with van der Waals surface area (Å²) in [6.07, 6.45) is 5.56. The topological polar surface area (TPSA) is 104 Å². The van der Waals surface area contributed by atoms with Gasteiger partial charge in [-0.25, -0.2) is 4.98 Å². The zero-order valence-corrected chi connectivity index (χ0v) is 20.1. The average Bonchev–Trinajstić information content (AvgIpc) is 3.43. The first-order valence-electron chi connectivity index (χ1n) is 12.1. The Morgan fingerprint density at radius 3 is 2.88 bits per heavy atom. The summed E-state index contributed by atoms with van der Waals surface area (Å²) in [6, 6.07) is 2.02. The summed E-state index contributed by atoms with van der Waals surface area (Å²) in [5.74, 6) is 2.25. The van der Waals surface area contributed by atoms with Crippen molar-refractivity contribution >= 4 is 17.3 Å². The van der Waals surface area contributed by atoms with Crippen LogP contribution in [0.2, 0.25) is 0 Å². The number of anilines is 2. The molecule has 0 aromatic carbocycles. The van der Waals surface area contributed by atoms with Crippen molar-refractivity contribution in [2.24, 2.45) is 11.3 Å². The minimum Gasteiger partial charge on any atom is -0.391 e. The lowest BCUT2D eigenvalue weighted by Gasteiger charge is -2.28. The van der Waals surface area contributed by atoms with Gasteiger partial charge in [0.25, 0.3) is 0 Å². The van der Waals surface area contributed by atoms with Crippen molar-refractivity contribution in [2.75, 3.05) is 30.3 Å². The summed E-state index contributed by atoms with van der Waals surface area (Å²) < 4.78 is 4.04. The minimum atomic E-state index is -0.331. The molecule has 5 heterocycles. The van der Waals surface area contributed by atoms with Crippen molar-refractivity contribution in [3.05, 3.63) is 35.3 Å². The number of fused-ring (bicyclic) bond motifs is 2. The van der Waals surface area contributed by atoms with Crippen molar-refractivity contribution in [3.8, 4) is 0 Å². The minimum absolute atomic E-state index is 0.216. The highest BCUT2D eigenvalue weighted by atomic mass is 16.3. The van der Waals surface area contributed by atoms with Gasteiger partial charge >= 0.3 is 0 Å². The van der Waals surface area contributed by atoms with Gasteiger partial charge in [-0.3, -0.25) is 4.68 Å². The van der Waals surface area contributed by atoms with Crippen molar-refractivity contribution in [2.45, 2.75) is 65.6 Å². The molecule has 2 aliphatic rings. The molecule has 33 heavy (non-hydrogen) atoms. The fourth-order valence-corrected chi connectivity index (χ4v) is 5.01. The van der Waals surface area contributed by atoms with Crippen LogP contribution in [0, 0.1) is 11.3 Å². The highest BCUT2D eigenvalue weighted by molar-refractivity contribution is 5.61. The Bertz CT molecular complexity index is 1130. The van der Waals surface area contributed by atoms with E-state index in [1.807, 2.05) is 23.0 Å². The average molecular weight is 453 g/mol. The quantitative estimate of drug-likeness (QED) is 0.437. The van der Waals surface area contributed by atoms with Crippen LogP contribution in [-0.4, -0.2) is 55.2 Å². The number of nitrogens with one attached hydrogen (secondary N) is 3. The number of β-amino-alcohol motifs (C(OH)–C–C–N with tert-alkyl or cyclic N) is 1. The largest absolute Gasteiger partial charge is 0.391 e. The molecule has 0 unspecified atom stereocenters. The van der Waals surface area contributed by atoms with Crippen molar-refractivity contribution in [3.63, 3.8) is 0 Å². The Morgan fingerprint density at radius 2 is 2.09 bits per heavy atom. The van der Waals surface area contributed by atoms with Gasteiger partial charge in [-0.05, 0) is 30.7 Å². The summed E-state index contributed by atoms with van der Waals surface area (Å²) in [5.41, 5.74) is 4.79. The van der Waals surface area contributed by atoms with Gasteiger partial charge in [-0.1, -0.05) is 27.7 Å². The monoisotopic (exact) mass is 452 g/mol. The number of hydrogen-bond acceptors (Lipinski definition) is 7. The molecule has 0 aliphatic carbocycles. The van der Waals surface area contributed by atoms with Crippen molar-refractivity contribution in [1.29, 1.82) is 0 Å². The lowest BCUT2D eigenvalue weighted by atomic mass is 9.90. The molecule has 4 N–H and O–H groups in total. The fraction of sp³-hybridized carbons (Fsp3) is 0.625. The first kappa shape index (κ1) is 22.2. The maximum absolute atomic E-state index is 10.3. The summed E-state index contributed by atoms with van der Waals surface area (Å²) in [4.78, 5) is 4.88. The predicted molar refractivity (Wildman–Crippen MR) is 130 cm³/mol.